The van der Waals surface area contributed by atoms with Gasteiger partial charge in [0, 0.05) is 4.47 Å². The van der Waals surface area contributed by atoms with Crippen LogP contribution in [-0.4, -0.2) is 10.2 Å². The predicted octanol–water partition coefficient (Wildman–Crippen LogP) is 6.23. The van der Waals surface area contributed by atoms with Crippen molar-refractivity contribution in [2.75, 3.05) is 0 Å². The molecule has 3 aromatic rings. The maximum atomic E-state index is 9.64. The smallest absolute Gasteiger partial charge is 0.115 e. The summed E-state index contributed by atoms with van der Waals surface area (Å²) in [7, 11) is 0. The first-order valence-electron chi connectivity index (χ1n) is 8.16. The Morgan fingerprint density at radius 1 is 0.760 bits per heavy atom. The van der Waals surface area contributed by atoms with Crippen LogP contribution in [0.15, 0.2) is 77.3 Å². The van der Waals surface area contributed by atoms with Crippen molar-refractivity contribution in [2.45, 2.75) is 13.3 Å². The van der Waals surface area contributed by atoms with Gasteiger partial charge in [0.05, 0.1) is 0 Å². The summed E-state index contributed by atoms with van der Waals surface area (Å²) in [5.41, 5.74) is 5.51. The van der Waals surface area contributed by atoms with E-state index in [4.69, 9.17) is 0 Å². The average molecular weight is 395 g/mol. The molecule has 0 aliphatic rings. The molecule has 0 aliphatic heterocycles. The van der Waals surface area contributed by atoms with E-state index in [2.05, 4.69) is 35.0 Å². The van der Waals surface area contributed by atoms with E-state index < -0.39 is 0 Å². The molecule has 2 N–H and O–H groups in total. The summed E-state index contributed by atoms with van der Waals surface area (Å²) in [6.45, 7) is 2.14. The lowest BCUT2D eigenvalue weighted by Gasteiger charge is -2.16. The van der Waals surface area contributed by atoms with Gasteiger partial charge < -0.3 is 10.2 Å². The lowest BCUT2D eigenvalue weighted by Crippen LogP contribution is -1.95. The van der Waals surface area contributed by atoms with E-state index in [1.54, 1.807) is 24.3 Å². The molecule has 0 saturated carbocycles. The molecule has 0 fully saturated rings. The zero-order valence-corrected chi connectivity index (χ0v) is 15.5. The number of benzene rings is 3. The monoisotopic (exact) mass is 394 g/mol. The summed E-state index contributed by atoms with van der Waals surface area (Å²) in [4.78, 5) is 0. The van der Waals surface area contributed by atoms with Gasteiger partial charge in [-0.15, -0.1) is 0 Å². The molecule has 25 heavy (non-hydrogen) atoms. The number of phenols is 2. The van der Waals surface area contributed by atoms with E-state index in [1.807, 2.05) is 36.4 Å². The maximum Gasteiger partial charge on any atom is 0.115 e. The van der Waals surface area contributed by atoms with Gasteiger partial charge in [-0.3, -0.25) is 0 Å². The van der Waals surface area contributed by atoms with Gasteiger partial charge in [-0.25, -0.2) is 0 Å². The molecule has 0 saturated heterocycles. The molecule has 0 aliphatic carbocycles. The van der Waals surface area contributed by atoms with Crippen molar-refractivity contribution in [3.63, 3.8) is 0 Å². The van der Waals surface area contributed by atoms with Crippen LogP contribution in [0.4, 0.5) is 0 Å². The van der Waals surface area contributed by atoms with Crippen LogP contribution < -0.4 is 0 Å². The van der Waals surface area contributed by atoms with Gasteiger partial charge in [-0.2, -0.15) is 0 Å². The van der Waals surface area contributed by atoms with Crippen molar-refractivity contribution in [1.82, 2.24) is 0 Å². The molecule has 0 bridgehead atoms. The third kappa shape index (κ3) is 3.94. The molecular weight excluding hydrogens is 376 g/mol. The highest BCUT2D eigenvalue weighted by molar-refractivity contribution is 9.10. The minimum absolute atomic E-state index is 0.245. The molecule has 2 nitrogen and oxygen atoms in total. The van der Waals surface area contributed by atoms with Gasteiger partial charge >= 0.3 is 0 Å². The Bertz CT molecular complexity index is 847. The van der Waals surface area contributed by atoms with Crippen LogP contribution in [0, 0.1) is 0 Å². The summed E-state index contributed by atoms with van der Waals surface area (Å²) < 4.78 is 1.03. The fourth-order valence-corrected chi connectivity index (χ4v) is 3.37. The van der Waals surface area contributed by atoms with Crippen LogP contribution in [0.2, 0.25) is 0 Å². The summed E-state index contributed by atoms with van der Waals surface area (Å²) in [6.07, 6.45) is 0.855. The van der Waals surface area contributed by atoms with Crippen LogP contribution in [-0.2, 0) is 0 Å². The number of phenolic OH excluding ortho intramolecular Hbond substituents is 2. The first-order valence-corrected chi connectivity index (χ1v) is 8.95. The fraction of sp³-hybridized carbons (Fsp3) is 0.0909. The highest BCUT2D eigenvalue weighted by Gasteiger charge is 2.13. The number of hydrogen-bond acceptors (Lipinski definition) is 2. The normalized spacial score (nSPS) is 10.5. The number of halogens is 1. The lowest BCUT2D eigenvalue weighted by molar-refractivity contribution is 0.475. The maximum absolute atomic E-state index is 9.64. The summed E-state index contributed by atoms with van der Waals surface area (Å²) in [6, 6.07) is 22.7. The third-order valence-electron chi connectivity index (χ3n) is 4.14. The molecule has 0 atom stereocenters. The van der Waals surface area contributed by atoms with Crippen molar-refractivity contribution in [3.05, 3.63) is 94.0 Å². The Hall–Kier alpha value is -2.52. The van der Waals surface area contributed by atoms with Crippen LogP contribution in [0.3, 0.4) is 0 Å². The third-order valence-corrected chi connectivity index (χ3v) is 4.63. The van der Waals surface area contributed by atoms with E-state index in [-0.39, 0.29) is 11.5 Å². The summed E-state index contributed by atoms with van der Waals surface area (Å²) in [5, 5.41) is 19.3. The molecule has 3 heteroatoms. The second kappa shape index (κ2) is 7.58. The number of rotatable bonds is 4. The van der Waals surface area contributed by atoms with Crippen LogP contribution in [0.1, 0.15) is 30.0 Å². The highest BCUT2D eigenvalue weighted by Crippen LogP contribution is 2.36. The molecule has 0 unspecified atom stereocenters. The Balaban J connectivity index is 2.27. The fourth-order valence-electron chi connectivity index (χ4n) is 2.97. The van der Waals surface area contributed by atoms with Crippen molar-refractivity contribution in [1.29, 1.82) is 0 Å². The largest absolute Gasteiger partial charge is 0.508 e. The van der Waals surface area contributed by atoms with Gasteiger partial charge in [0.1, 0.15) is 11.5 Å². The lowest BCUT2D eigenvalue weighted by atomic mass is 9.88. The quantitative estimate of drug-likeness (QED) is 0.514. The molecular formula is C22H19BrO2. The zero-order valence-electron chi connectivity index (χ0n) is 13.9. The Kier molecular flexibility index (Phi) is 5.25. The Morgan fingerprint density at radius 3 is 1.72 bits per heavy atom. The van der Waals surface area contributed by atoms with E-state index in [0.717, 1.165) is 33.2 Å². The molecule has 0 heterocycles. The van der Waals surface area contributed by atoms with Gasteiger partial charge in [0.25, 0.3) is 0 Å². The van der Waals surface area contributed by atoms with Gasteiger partial charge in [0.2, 0.25) is 0 Å². The Labute approximate surface area is 156 Å². The van der Waals surface area contributed by atoms with E-state index >= 15 is 0 Å². The predicted molar refractivity (Wildman–Crippen MR) is 107 cm³/mol. The molecule has 0 aromatic heterocycles. The number of allylic oxidation sites excluding steroid dienone is 1. The first-order chi connectivity index (χ1) is 12.1. The average Bonchev–Trinajstić information content (AvgIpc) is 2.61. The first kappa shape index (κ1) is 17.3. The van der Waals surface area contributed by atoms with E-state index in [0.29, 0.717) is 0 Å². The number of aromatic hydroxyl groups is 2. The topological polar surface area (TPSA) is 40.5 Å². The molecule has 3 aromatic carbocycles. The molecule has 0 spiro atoms. The van der Waals surface area contributed by atoms with Gasteiger partial charge in [-0.05, 0) is 70.7 Å². The minimum Gasteiger partial charge on any atom is -0.508 e. The van der Waals surface area contributed by atoms with E-state index in [1.165, 1.54) is 5.57 Å². The Morgan fingerprint density at radius 2 is 1.28 bits per heavy atom. The van der Waals surface area contributed by atoms with Crippen molar-refractivity contribution < 1.29 is 10.2 Å². The van der Waals surface area contributed by atoms with Crippen LogP contribution in [0.25, 0.3) is 11.1 Å². The van der Waals surface area contributed by atoms with Gasteiger partial charge in [-0.1, -0.05) is 59.3 Å². The number of hydrogen-bond donors (Lipinski definition) is 2. The summed E-state index contributed by atoms with van der Waals surface area (Å²) in [5.74, 6) is 0.489. The second-order valence-electron chi connectivity index (χ2n) is 5.81. The van der Waals surface area contributed by atoms with Crippen molar-refractivity contribution in [3.8, 4) is 11.5 Å². The molecule has 0 amide bonds. The molecule has 126 valence electrons. The van der Waals surface area contributed by atoms with Crippen LogP contribution >= 0.6 is 15.9 Å². The van der Waals surface area contributed by atoms with E-state index in [9.17, 15) is 10.2 Å². The molecule has 0 radical (unpaired) electrons. The molecule has 3 rings (SSSR count). The SMILES string of the molecule is CCC(=C(c1ccc(O)cc1)c1ccc(O)cc1)c1cccc(Br)c1. The standard InChI is InChI=1S/C22H19BrO2/c1-2-21(17-4-3-5-18(23)14-17)22(15-6-10-19(24)11-7-15)16-8-12-20(25)13-9-16/h3-14,24-25H,2H2,1H3. The highest BCUT2D eigenvalue weighted by atomic mass is 79.9. The minimum atomic E-state index is 0.245. The van der Waals surface area contributed by atoms with Crippen LogP contribution in [0.5, 0.6) is 11.5 Å². The van der Waals surface area contributed by atoms with Crippen molar-refractivity contribution >= 4 is 27.1 Å². The summed E-state index contributed by atoms with van der Waals surface area (Å²) >= 11 is 3.55. The zero-order chi connectivity index (χ0) is 17.8. The second-order valence-corrected chi connectivity index (χ2v) is 6.73. The van der Waals surface area contributed by atoms with Gasteiger partial charge in [0.15, 0.2) is 0 Å². The van der Waals surface area contributed by atoms with Crippen molar-refractivity contribution in [2.24, 2.45) is 0 Å².